The van der Waals surface area contributed by atoms with E-state index in [1.54, 1.807) is 0 Å². The molecule has 252 valence electrons. The zero-order chi connectivity index (χ0) is 35.6. The molecule has 1 aliphatic rings. The van der Waals surface area contributed by atoms with Gasteiger partial charge in [0.05, 0.1) is 0 Å². The molecule has 10 aromatic rings. The Balaban J connectivity index is 1.24. The highest BCUT2D eigenvalue weighted by Gasteiger charge is 2.24. The molecule has 0 radical (unpaired) electrons. The van der Waals surface area contributed by atoms with Gasteiger partial charge < -0.3 is 5.32 Å². The molecule has 1 heterocycles. The number of aliphatic imine (C=N–C) groups is 2. The Morgan fingerprint density at radius 2 is 0.815 bits per heavy atom. The van der Waals surface area contributed by atoms with E-state index < -0.39 is 0 Å². The van der Waals surface area contributed by atoms with Crippen molar-refractivity contribution in [2.45, 2.75) is 6.17 Å². The zero-order valence-electron chi connectivity index (χ0n) is 29.4. The van der Waals surface area contributed by atoms with Crippen LogP contribution in [0.5, 0.6) is 0 Å². The van der Waals surface area contributed by atoms with Crippen molar-refractivity contribution < 1.29 is 0 Å². The van der Waals surface area contributed by atoms with E-state index in [0.717, 1.165) is 39.0 Å². The molecule has 11 rings (SSSR count). The Morgan fingerprint density at radius 3 is 1.43 bits per heavy atom. The first-order valence-electron chi connectivity index (χ1n) is 18.5. The van der Waals surface area contributed by atoms with Gasteiger partial charge in [-0.2, -0.15) is 0 Å². The van der Waals surface area contributed by atoms with Crippen molar-refractivity contribution in [3.63, 3.8) is 0 Å². The molecule has 0 fully saturated rings. The van der Waals surface area contributed by atoms with Crippen molar-refractivity contribution in [2.75, 3.05) is 0 Å². The van der Waals surface area contributed by atoms with Crippen LogP contribution in [0.25, 0.3) is 75.8 Å². The average Bonchev–Trinajstić information content (AvgIpc) is 3.26. The summed E-state index contributed by atoms with van der Waals surface area (Å²) in [6, 6.07) is 67.6. The lowest BCUT2D eigenvalue weighted by Crippen LogP contribution is -2.33. The number of hydrogen-bond donors (Lipinski definition) is 1. The van der Waals surface area contributed by atoms with E-state index in [9.17, 15) is 0 Å². The normalized spacial score (nSPS) is 14.5. The molecule has 1 atom stereocenters. The number of hydrogen-bond acceptors (Lipinski definition) is 3. The van der Waals surface area contributed by atoms with Gasteiger partial charge in [0, 0.05) is 16.5 Å². The minimum atomic E-state index is -0.306. The van der Waals surface area contributed by atoms with Gasteiger partial charge in [-0.25, -0.2) is 9.98 Å². The summed E-state index contributed by atoms with van der Waals surface area (Å²) >= 11 is 0. The third kappa shape index (κ3) is 4.83. The molecule has 1 unspecified atom stereocenters. The van der Waals surface area contributed by atoms with Crippen LogP contribution in [0.3, 0.4) is 0 Å². The van der Waals surface area contributed by atoms with Crippen molar-refractivity contribution >= 4 is 76.3 Å². The van der Waals surface area contributed by atoms with Gasteiger partial charge in [0.15, 0.2) is 5.84 Å². The van der Waals surface area contributed by atoms with Crippen molar-refractivity contribution in [1.29, 1.82) is 0 Å². The number of nitrogens with zero attached hydrogens (tertiary/aromatic N) is 2. The zero-order valence-corrected chi connectivity index (χ0v) is 29.4. The van der Waals surface area contributed by atoms with Crippen LogP contribution in [0.4, 0.5) is 0 Å². The number of fused-ring (bicyclic) bond motifs is 12. The van der Waals surface area contributed by atoms with E-state index in [4.69, 9.17) is 9.98 Å². The summed E-state index contributed by atoms with van der Waals surface area (Å²) in [4.78, 5) is 10.8. The maximum atomic E-state index is 5.41. The molecule has 1 aliphatic heterocycles. The van der Waals surface area contributed by atoms with Crippen LogP contribution in [0.2, 0.25) is 0 Å². The van der Waals surface area contributed by atoms with Crippen molar-refractivity contribution in [3.8, 4) is 11.1 Å². The Kier molecular flexibility index (Phi) is 6.93. The highest BCUT2D eigenvalue weighted by molar-refractivity contribution is 6.32. The summed E-state index contributed by atoms with van der Waals surface area (Å²) in [7, 11) is 0. The summed E-state index contributed by atoms with van der Waals surface area (Å²) in [5.74, 6) is 1.52. The third-order valence-corrected chi connectivity index (χ3v) is 11.1. The van der Waals surface area contributed by atoms with Crippen molar-refractivity contribution in [2.24, 2.45) is 9.98 Å². The van der Waals surface area contributed by atoms with Crippen LogP contribution in [0.1, 0.15) is 22.9 Å². The largest absolute Gasteiger partial charge is 0.344 e. The van der Waals surface area contributed by atoms with E-state index >= 15 is 0 Å². The molecule has 0 aliphatic carbocycles. The minimum Gasteiger partial charge on any atom is -0.344 e. The number of rotatable bonds is 4. The molecule has 3 heteroatoms. The third-order valence-electron chi connectivity index (χ3n) is 11.1. The second-order valence-electron chi connectivity index (χ2n) is 14.1. The molecule has 0 bridgehead atoms. The minimum absolute atomic E-state index is 0.306. The van der Waals surface area contributed by atoms with E-state index in [-0.39, 0.29) is 6.17 Å². The predicted molar refractivity (Wildman–Crippen MR) is 229 cm³/mol. The van der Waals surface area contributed by atoms with Gasteiger partial charge in [0.1, 0.15) is 12.0 Å². The standard InChI is InChI=1S/C51H33N3/c1-3-15-32(16-4-1)49-52-50(33-17-5-2-6-18-33)54-51(53-49)47-31-35(30-46-42-25-12-10-22-39(42)40-23-13-14-26-44(40)48(46)47)34-27-28-43-38-21-8-7-19-36(38)37-20-9-11-24-41(37)45(43)29-34/h1-31,49H,(H,52,53,54). The van der Waals surface area contributed by atoms with E-state index in [2.05, 4.69) is 181 Å². The second kappa shape index (κ2) is 12.3. The molecule has 1 N–H and O–H groups in total. The molecular weight excluding hydrogens is 655 g/mol. The fourth-order valence-corrected chi connectivity index (χ4v) is 8.58. The summed E-state index contributed by atoms with van der Waals surface area (Å²) in [6.07, 6.45) is -0.306. The lowest BCUT2D eigenvalue weighted by Gasteiger charge is -2.25. The SMILES string of the molecule is c1ccc(C2=NC(c3cc(-c4ccc5c6ccccc6c6ccccc6c5c4)cc4c5ccccc5c5ccccc5c34)=NC(c3ccccc3)N2)cc1. The van der Waals surface area contributed by atoms with Crippen LogP contribution < -0.4 is 5.32 Å². The lowest BCUT2D eigenvalue weighted by atomic mass is 9.87. The van der Waals surface area contributed by atoms with Gasteiger partial charge in [-0.1, -0.05) is 170 Å². The van der Waals surface area contributed by atoms with Gasteiger partial charge in [0.2, 0.25) is 0 Å². The topological polar surface area (TPSA) is 36.8 Å². The molecule has 10 aromatic carbocycles. The summed E-state index contributed by atoms with van der Waals surface area (Å²) < 4.78 is 0. The molecule has 3 nitrogen and oxygen atoms in total. The van der Waals surface area contributed by atoms with Gasteiger partial charge in [-0.3, -0.25) is 0 Å². The monoisotopic (exact) mass is 687 g/mol. The van der Waals surface area contributed by atoms with Gasteiger partial charge in [-0.05, 0) is 94.1 Å². The van der Waals surface area contributed by atoms with Crippen molar-refractivity contribution in [1.82, 2.24) is 5.32 Å². The highest BCUT2D eigenvalue weighted by atomic mass is 15.2. The first kappa shape index (κ1) is 30.5. The quantitative estimate of drug-likeness (QED) is 0.184. The average molecular weight is 688 g/mol. The summed E-state index contributed by atoms with van der Waals surface area (Å²) in [6.45, 7) is 0. The van der Waals surface area contributed by atoms with E-state index in [1.807, 2.05) is 12.1 Å². The van der Waals surface area contributed by atoms with E-state index in [0.29, 0.717) is 5.84 Å². The van der Waals surface area contributed by atoms with Gasteiger partial charge in [-0.15, -0.1) is 0 Å². The number of benzene rings is 10. The molecular formula is C51H33N3. The van der Waals surface area contributed by atoms with Crippen LogP contribution in [-0.2, 0) is 0 Å². The second-order valence-corrected chi connectivity index (χ2v) is 14.1. The maximum Gasteiger partial charge on any atom is 0.160 e. The Morgan fingerprint density at radius 1 is 0.352 bits per heavy atom. The smallest absolute Gasteiger partial charge is 0.160 e. The Bertz CT molecular complexity index is 3140. The number of amidine groups is 2. The van der Waals surface area contributed by atoms with Crippen LogP contribution >= 0.6 is 0 Å². The fourth-order valence-electron chi connectivity index (χ4n) is 8.58. The predicted octanol–water partition coefficient (Wildman–Crippen LogP) is 12.8. The van der Waals surface area contributed by atoms with Crippen molar-refractivity contribution in [3.05, 3.63) is 205 Å². The van der Waals surface area contributed by atoms with Gasteiger partial charge >= 0.3 is 0 Å². The van der Waals surface area contributed by atoms with Gasteiger partial charge in [0.25, 0.3) is 0 Å². The molecule has 54 heavy (non-hydrogen) atoms. The van der Waals surface area contributed by atoms with Crippen LogP contribution in [-0.4, -0.2) is 11.7 Å². The van der Waals surface area contributed by atoms with E-state index in [1.165, 1.54) is 59.2 Å². The molecule has 0 saturated heterocycles. The molecule has 0 amide bonds. The molecule has 0 spiro atoms. The molecule has 0 aromatic heterocycles. The molecule has 0 saturated carbocycles. The highest BCUT2D eigenvalue weighted by Crippen LogP contribution is 2.42. The fraction of sp³-hybridized carbons (Fsp3) is 0.0196. The summed E-state index contributed by atoms with van der Waals surface area (Å²) in [5, 5.41) is 18.5. The van der Waals surface area contributed by atoms with Crippen LogP contribution in [0, 0.1) is 0 Å². The maximum absolute atomic E-state index is 5.41. The summed E-state index contributed by atoms with van der Waals surface area (Å²) in [5.41, 5.74) is 5.41. The lowest BCUT2D eigenvalue weighted by molar-refractivity contribution is 0.674. The Labute approximate surface area is 312 Å². The van der Waals surface area contributed by atoms with Crippen LogP contribution in [0.15, 0.2) is 198 Å². The first-order valence-corrected chi connectivity index (χ1v) is 18.5. The Hall–Kier alpha value is -7.10. The number of nitrogens with one attached hydrogen (secondary N) is 1. The first-order chi connectivity index (χ1) is 26.8.